The number of carbonyl (C=O) groups excluding carboxylic acids is 2. The minimum atomic E-state index is -0.638. The zero-order valence-electron chi connectivity index (χ0n) is 13.9. The predicted molar refractivity (Wildman–Crippen MR) is 92.5 cm³/mol. The van der Waals surface area contributed by atoms with Gasteiger partial charge in [-0.05, 0) is 32.8 Å². The molecule has 0 bridgehead atoms. The van der Waals surface area contributed by atoms with E-state index in [0.717, 1.165) is 18.7 Å². The number of nitrogens with one attached hydrogen (secondary N) is 2. The number of thiophene rings is 1. The maximum Gasteiger partial charge on any atom is 0.262 e. The molecule has 2 N–H and O–H groups in total. The van der Waals surface area contributed by atoms with Gasteiger partial charge in [-0.25, -0.2) is 4.98 Å². The lowest BCUT2D eigenvalue weighted by Gasteiger charge is -2.12. The Labute approximate surface area is 143 Å². The normalized spacial score (nSPS) is 14.5. The van der Waals surface area contributed by atoms with E-state index < -0.39 is 6.04 Å². The molecule has 128 valence electrons. The number of aryl methyl sites for hydroxylation is 2. The molecule has 7 nitrogen and oxygen atoms in total. The lowest BCUT2D eigenvalue weighted by molar-refractivity contribution is -0.122. The van der Waals surface area contributed by atoms with Crippen molar-refractivity contribution >= 4 is 33.4 Å². The summed E-state index contributed by atoms with van der Waals surface area (Å²) in [6, 6.07) is -0.638. The van der Waals surface area contributed by atoms with E-state index in [-0.39, 0.29) is 17.4 Å². The Morgan fingerprint density at radius 2 is 2.17 bits per heavy atom. The van der Waals surface area contributed by atoms with E-state index in [1.165, 1.54) is 11.3 Å². The van der Waals surface area contributed by atoms with Gasteiger partial charge in [0.05, 0.1) is 10.3 Å². The fourth-order valence-corrected chi connectivity index (χ4v) is 4.04. The van der Waals surface area contributed by atoms with Gasteiger partial charge < -0.3 is 10.6 Å². The molecule has 3 rings (SSSR count). The molecular weight excluding hydrogens is 328 g/mol. The molecule has 8 heteroatoms. The van der Waals surface area contributed by atoms with Crippen molar-refractivity contribution in [1.29, 1.82) is 0 Å². The molecule has 0 unspecified atom stereocenters. The molecule has 0 radical (unpaired) electrons. The van der Waals surface area contributed by atoms with E-state index in [9.17, 15) is 14.4 Å². The molecule has 2 aromatic heterocycles. The van der Waals surface area contributed by atoms with Crippen molar-refractivity contribution in [2.75, 3.05) is 6.54 Å². The summed E-state index contributed by atoms with van der Waals surface area (Å²) in [7, 11) is 0. The summed E-state index contributed by atoms with van der Waals surface area (Å²) in [6.45, 7) is 6.40. The molecule has 0 aliphatic carbocycles. The van der Waals surface area contributed by atoms with E-state index in [4.69, 9.17) is 0 Å². The van der Waals surface area contributed by atoms with Crippen molar-refractivity contribution in [2.45, 2.75) is 46.2 Å². The van der Waals surface area contributed by atoms with Crippen LogP contribution in [0.5, 0.6) is 0 Å². The second kappa shape index (κ2) is 6.35. The molecule has 1 aliphatic heterocycles. The third-order valence-electron chi connectivity index (χ3n) is 4.21. The Hall–Kier alpha value is -2.22. The third kappa shape index (κ3) is 2.71. The fraction of sp³-hybridized carbons (Fsp3) is 0.500. The largest absolute Gasteiger partial charge is 0.355 e. The van der Waals surface area contributed by atoms with Crippen LogP contribution < -0.4 is 16.2 Å². The second-order valence-corrected chi connectivity index (χ2v) is 6.91. The third-order valence-corrected chi connectivity index (χ3v) is 5.39. The topological polar surface area (TPSA) is 93.1 Å². The van der Waals surface area contributed by atoms with Crippen LogP contribution in [0.25, 0.3) is 10.2 Å². The second-order valence-electron chi connectivity index (χ2n) is 5.91. The summed E-state index contributed by atoms with van der Waals surface area (Å²) in [4.78, 5) is 42.5. The first-order chi connectivity index (χ1) is 11.4. The van der Waals surface area contributed by atoms with Crippen LogP contribution in [0, 0.1) is 6.92 Å². The standard InChI is InChI=1S/C16H20N4O3S/c1-4-17-13(21)9(3)18-14(22)12-8(2)11-15(24-12)19-10-6-5-7-20(10)16(11)23/h9H,4-7H2,1-3H3,(H,17,21)(H,18,22)/t9-/m0/s1. The maximum atomic E-state index is 12.6. The molecule has 0 spiro atoms. The Kier molecular flexibility index (Phi) is 4.40. The van der Waals surface area contributed by atoms with Crippen LogP contribution >= 0.6 is 11.3 Å². The van der Waals surface area contributed by atoms with Gasteiger partial charge in [0.2, 0.25) is 5.91 Å². The summed E-state index contributed by atoms with van der Waals surface area (Å²) in [6.07, 6.45) is 1.72. The van der Waals surface area contributed by atoms with Gasteiger partial charge in [-0.15, -0.1) is 11.3 Å². The predicted octanol–water partition coefficient (Wildman–Crippen LogP) is 0.967. The van der Waals surface area contributed by atoms with Crippen LogP contribution in [0.2, 0.25) is 0 Å². The monoisotopic (exact) mass is 348 g/mol. The molecule has 1 aliphatic rings. The summed E-state index contributed by atoms with van der Waals surface area (Å²) in [5.41, 5.74) is 0.562. The van der Waals surface area contributed by atoms with Gasteiger partial charge in [-0.2, -0.15) is 0 Å². The van der Waals surface area contributed by atoms with E-state index in [2.05, 4.69) is 15.6 Å². The minimum absolute atomic E-state index is 0.0722. The van der Waals surface area contributed by atoms with Crippen LogP contribution in [0.3, 0.4) is 0 Å². The molecule has 0 fully saturated rings. The van der Waals surface area contributed by atoms with E-state index in [0.29, 0.717) is 33.7 Å². The average Bonchev–Trinajstić information content (AvgIpc) is 3.12. The zero-order valence-corrected chi connectivity index (χ0v) is 14.7. The average molecular weight is 348 g/mol. The van der Waals surface area contributed by atoms with Crippen molar-refractivity contribution in [1.82, 2.24) is 20.2 Å². The fourth-order valence-electron chi connectivity index (χ4n) is 2.95. The first-order valence-electron chi connectivity index (χ1n) is 8.05. The molecule has 2 aromatic rings. The number of likely N-dealkylation sites (N-methyl/N-ethyl adjacent to an activating group) is 1. The smallest absolute Gasteiger partial charge is 0.262 e. The van der Waals surface area contributed by atoms with Crippen molar-refractivity contribution in [3.05, 3.63) is 26.6 Å². The van der Waals surface area contributed by atoms with Gasteiger partial charge >= 0.3 is 0 Å². The molecule has 1 atom stereocenters. The minimum Gasteiger partial charge on any atom is -0.355 e. The number of amides is 2. The maximum absolute atomic E-state index is 12.6. The highest BCUT2D eigenvalue weighted by atomic mass is 32.1. The van der Waals surface area contributed by atoms with Crippen molar-refractivity contribution in [3.8, 4) is 0 Å². The molecule has 3 heterocycles. The highest BCUT2D eigenvalue weighted by molar-refractivity contribution is 7.20. The lowest BCUT2D eigenvalue weighted by atomic mass is 10.2. The van der Waals surface area contributed by atoms with Gasteiger partial charge in [-0.3, -0.25) is 19.0 Å². The van der Waals surface area contributed by atoms with Gasteiger partial charge in [0.15, 0.2) is 0 Å². The Morgan fingerprint density at radius 3 is 2.88 bits per heavy atom. The van der Waals surface area contributed by atoms with Crippen LogP contribution in [-0.4, -0.2) is 34.0 Å². The lowest BCUT2D eigenvalue weighted by Crippen LogP contribution is -2.44. The quantitative estimate of drug-likeness (QED) is 0.861. The highest BCUT2D eigenvalue weighted by Gasteiger charge is 2.24. The van der Waals surface area contributed by atoms with Crippen LogP contribution in [-0.2, 0) is 17.8 Å². The number of hydrogen-bond donors (Lipinski definition) is 2. The number of fused-ring (bicyclic) bond motifs is 2. The van der Waals surface area contributed by atoms with Crippen LogP contribution in [0.15, 0.2) is 4.79 Å². The highest BCUT2D eigenvalue weighted by Crippen LogP contribution is 2.28. The van der Waals surface area contributed by atoms with E-state index in [1.807, 2.05) is 6.92 Å². The summed E-state index contributed by atoms with van der Waals surface area (Å²) >= 11 is 1.21. The summed E-state index contributed by atoms with van der Waals surface area (Å²) in [5.74, 6) is 0.206. The molecular formula is C16H20N4O3S. The zero-order chi connectivity index (χ0) is 17.4. The molecule has 0 saturated heterocycles. The Bertz CT molecular complexity index is 884. The molecule has 0 saturated carbocycles. The number of rotatable bonds is 4. The SMILES string of the molecule is CCNC(=O)[C@H](C)NC(=O)c1sc2nc3n(c(=O)c2c1C)CCC3. The van der Waals surface area contributed by atoms with Crippen molar-refractivity contribution < 1.29 is 9.59 Å². The Morgan fingerprint density at radius 1 is 1.42 bits per heavy atom. The molecule has 0 aromatic carbocycles. The number of aromatic nitrogens is 2. The van der Waals surface area contributed by atoms with Gasteiger partial charge in [0.1, 0.15) is 16.7 Å². The molecule has 2 amide bonds. The summed E-state index contributed by atoms with van der Waals surface area (Å²) < 4.78 is 1.70. The van der Waals surface area contributed by atoms with Gasteiger partial charge in [-0.1, -0.05) is 0 Å². The van der Waals surface area contributed by atoms with Gasteiger partial charge in [0, 0.05) is 19.5 Å². The van der Waals surface area contributed by atoms with E-state index in [1.54, 1.807) is 18.4 Å². The summed E-state index contributed by atoms with van der Waals surface area (Å²) in [5, 5.41) is 5.86. The Balaban J connectivity index is 1.95. The van der Waals surface area contributed by atoms with Crippen molar-refractivity contribution in [2.24, 2.45) is 0 Å². The number of hydrogen-bond acceptors (Lipinski definition) is 5. The first-order valence-corrected chi connectivity index (χ1v) is 8.87. The van der Waals surface area contributed by atoms with Gasteiger partial charge in [0.25, 0.3) is 11.5 Å². The van der Waals surface area contributed by atoms with Crippen LogP contribution in [0.4, 0.5) is 0 Å². The number of carbonyl (C=O) groups is 2. The first kappa shape index (κ1) is 16.6. The molecule has 24 heavy (non-hydrogen) atoms. The number of nitrogens with zero attached hydrogens (tertiary/aromatic N) is 2. The van der Waals surface area contributed by atoms with Crippen molar-refractivity contribution in [3.63, 3.8) is 0 Å². The van der Waals surface area contributed by atoms with E-state index >= 15 is 0 Å². The van der Waals surface area contributed by atoms with Crippen LogP contribution in [0.1, 0.15) is 41.3 Å².